The van der Waals surface area contributed by atoms with Crippen LogP contribution in [0.2, 0.25) is 0 Å². The van der Waals surface area contributed by atoms with E-state index in [2.05, 4.69) is 15.0 Å². The first-order valence-electron chi connectivity index (χ1n) is 11.4. The highest BCUT2D eigenvalue weighted by molar-refractivity contribution is 5.86. The molecule has 1 aliphatic heterocycles. The highest BCUT2D eigenvalue weighted by Crippen LogP contribution is 2.33. The summed E-state index contributed by atoms with van der Waals surface area (Å²) < 4.78 is 29.2. The maximum atomic E-state index is 13.1. The van der Waals surface area contributed by atoms with Crippen LogP contribution < -0.4 is 24.8 Å². The topological polar surface area (TPSA) is 129 Å². The van der Waals surface area contributed by atoms with Crippen molar-refractivity contribution < 1.29 is 23.4 Å². The largest absolute Gasteiger partial charge is 0.493 e. The van der Waals surface area contributed by atoms with Crippen LogP contribution in [0.3, 0.4) is 0 Å². The van der Waals surface area contributed by atoms with Crippen LogP contribution in [-0.4, -0.2) is 71.3 Å². The molecule has 12 heteroatoms. The SMILES string of the molecule is COc1ccc(-c2cnc3nc(N)nc(N4CCN(C(=O)Oc5ccc(F)cc5)CC4)c3n2)cc1OC. The van der Waals surface area contributed by atoms with E-state index < -0.39 is 11.9 Å². The molecule has 37 heavy (non-hydrogen) atoms. The molecule has 0 aliphatic carbocycles. The standard InChI is InChI=1S/C25H24FN7O4/c1-35-19-8-3-15(13-20(19)36-2)18-14-28-22-21(29-18)23(31-24(27)30-22)32-9-11-33(12-10-32)25(34)37-17-6-4-16(26)5-7-17/h3-8,13-14H,9-12H2,1-2H3,(H2,27,28,30,31). The predicted molar refractivity (Wildman–Crippen MR) is 134 cm³/mol. The van der Waals surface area contributed by atoms with Gasteiger partial charge < -0.3 is 29.7 Å². The minimum Gasteiger partial charge on any atom is -0.493 e. The smallest absolute Gasteiger partial charge is 0.415 e. The minimum atomic E-state index is -0.506. The molecule has 1 amide bonds. The summed E-state index contributed by atoms with van der Waals surface area (Å²) >= 11 is 0. The molecular formula is C25H24FN7O4. The number of nitrogens with two attached hydrogens (primary N) is 1. The van der Waals surface area contributed by atoms with E-state index in [1.165, 1.54) is 24.3 Å². The summed E-state index contributed by atoms with van der Waals surface area (Å²) in [5.74, 6) is 1.66. The number of ether oxygens (including phenoxy) is 3. The van der Waals surface area contributed by atoms with Gasteiger partial charge in [-0.25, -0.2) is 19.2 Å². The molecule has 11 nitrogen and oxygen atoms in total. The number of hydrogen-bond donors (Lipinski definition) is 1. The number of anilines is 2. The van der Waals surface area contributed by atoms with Gasteiger partial charge in [0.2, 0.25) is 5.95 Å². The Bertz CT molecular complexity index is 1440. The van der Waals surface area contributed by atoms with E-state index in [9.17, 15) is 9.18 Å². The molecule has 2 aromatic heterocycles. The lowest BCUT2D eigenvalue weighted by Crippen LogP contribution is -2.50. The van der Waals surface area contributed by atoms with Crippen LogP contribution in [0.5, 0.6) is 17.2 Å². The number of benzene rings is 2. The summed E-state index contributed by atoms with van der Waals surface area (Å²) in [6, 6.07) is 10.8. The van der Waals surface area contributed by atoms with E-state index in [4.69, 9.17) is 24.9 Å². The van der Waals surface area contributed by atoms with Gasteiger partial charge in [0.05, 0.1) is 26.1 Å². The minimum absolute atomic E-state index is 0.0776. The average Bonchev–Trinajstić information content (AvgIpc) is 2.93. The molecule has 2 N–H and O–H groups in total. The van der Waals surface area contributed by atoms with E-state index in [-0.39, 0.29) is 11.7 Å². The molecule has 0 unspecified atom stereocenters. The third-order valence-electron chi connectivity index (χ3n) is 5.94. The molecule has 0 bridgehead atoms. The number of fused-ring (bicyclic) bond motifs is 1. The first kappa shape index (κ1) is 24.0. The molecule has 0 saturated carbocycles. The van der Waals surface area contributed by atoms with Crippen LogP contribution in [-0.2, 0) is 0 Å². The lowest BCUT2D eigenvalue weighted by Gasteiger charge is -2.34. The summed E-state index contributed by atoms with van der Waals surface area (Å²) in [6.45, 7) is 1.70. The van der Waals surface area contributed by atoms with Crippen LogP contribution in [0, 0.1) is 5.82 Å². The van der Waals surface area contributed by atoms with Gasteiger partial charge in [-0.1, -0.05) is 0 Å². The number of amides is 1. The number of hydrogen-bond acceptors (Lipinski definition) is 10. The molecular weight excluding hydrogens is 481 g/mol. The number of rotatable bonds is 5. The third kappa shape index (κ3) is 4.99. The molecule has 0 atom stereocenters. The zero-order valence-electron chi connectivity index (χ0n) is 20.2. The first-order chi connectivity index (χ1) is 17.9. The van der Waals surface area contributed by atoms with E-state index in [0.717, 1.165) is 5.56 Å². The van der Waals surface area contributed by atoms with Gasteiger partial charge in [0, 0.05) is 31.7 Å². The highest BCUT2D eigenvalue weighted by Gasteiger charge is 2.26. The normalized spacial score (nSPS) is 13.5. The van der Waals surface area contributed by atoms with Gasteiger partial charge in [-0.3, -0.25) is 0 Å². The van der Waals surface area contributed by atoms with Crippen LogP contribution in [0.4, 0.5) is 21.0 Å². The second-order valence-electron chi connectivity index (χ2n) is 8.20. The van der Waals surface area contributed by atoms with E-state index in [1.807, 2.05) is 17.0 Å². The first-order valence-corrected chi connectivity index (χ1v) is 11.4. The van der Waals surface area contributed by atoms with Crippen molar-refractivity contribution in [1.82, 2.24) is 24.8 Å². The molecule has 0 radical (unpaired) electrons. The second-order valence-corrected chi connectivity index (χ2v) is 8.20. The fraction of sp³-hybridized carbons (Fsp3) is 0.240. The second kappa shape index (κ2) is 10.1. The van der Waals surface area contributed by atoms with Crippen molar-refractivity contribution in [2.75, 3.05) is 51.0 Å². The van der Waals surface area contributed by atoms with E-state index in [1.54, 1.807) is 31.4 Å². The summed E-state index contributed by atoms with van der Waals surface area (Å²) in [7, 11) is 3.14. The Morgan fingerprint density at radius 1 is 0.946 bits per heavy atom. The number of nitrogen functional groups attached to an aromatic ring is 1. The fourth-order valence-electron chi connectivity index (χ4n) is 4.03. The molecule has 2 aromatic carbocycles. The predicted octanol–water partition coefficient (Wildman–Crippen LogP) is 3.15. The van der Waals surface area contributed by atoms with Gasteiger partial charge in [-0.2, -0.15) is 9.97 Å². The Kier molecular flexibility index (Phi) is 6.54. The van der Waals surface area contributed by atoms with Crippen molar-refractivity contribution in [2.24, 2.45) is 0 Å². The van der Waals surface area contributed by atoms with Crippen LogP contribution in [0.15, 0.2) is 48.7 Å². The Morgan fingerprint density at radius 2 is 1.68 bits per heavy atom. The van der Waals surface area contributed by atoms with Crippen molar-refractivity contribution in [3.05, 3.63) is 54.5 Å². The summed E-state index contributed by atoms with van der Waals surface area (Å²) in [5, 5.41) is 0. The van der Waals surface area contributed by atoms with Crippen LogP contribution in [0.1, 0.15) is 0 Å². The molecule has 0 spiro atoms. The van der Waals surface area contributed by atoms with Crippen LogP contribution >= 0.6 is 0 Å². The molecule has 1 aliphatic rings. The fourth-order valence-corrected chi connectivity index (χ4v) is 4.03. The Morgan fingerprint density at radius 3 is 2.38 bits per heavy atom. The molecule has 1 fully saturated rings. The van der Waals surface area contributed by atoms with Gasteiger partial charge in [0.15, 0.2) is 28.5 Å². The molecule has 1 saturated heterocycles. The van der Waals surface area contributed by atoms with Crippen molar-refractivity contribution >= 4 is 29.0 Å². The highest BCUT2D eigenvalue weighted by atomic mass is 19.1. The van der Waals surface area contributed by atoms with E-state index in [0.29, 0.717) is 60.4 Å². The van der Waals surface area contributed by atoms with Gasteiger partial charge in [0.25, 0.3) is 0 Å². The third-order valence-corrected chi connectivity index (χ3v) is 5.94. The zero-order valence-corrected chi connectivity index (χ0v) is 20.2. The lowest BCUT2D eigenvalue weighted by molar-refractivity contribution is 0.149. The van der Waals surface area contributed by atoms with E-state index >= 15 is 0 Å². The van der Waals surface area contributed by atoms with Gasteiger partial charge in [-0.05, 0) is 42.5 Å². The molecule has 3 heterocycles. The van der Waals surface area contributed by atoms with Crippen molar-refractivity contribution in [2.45, 2.75) is 0 Å². The number of carbonyl (C=O) groups excluding carboxylic acids is 1. The van der Waals surface area contributed by atoms with Gasteiger partial charge in [-0.15, -0.1) is 0 Å². The van der Waals surface area contributed by atoms with Crippen molar-refractivity contribution in [1.29, 1.82) is 0 Å². The number of aromatic nitrogens is 4. The quantitative estimate of drug-likeness (QED) is 0.432. The average molecular weight is 506 g/mol. The number of carbonyl (C=O) groups is 1. The van der Waals surface area contributed by atoms with Gasteiger partial charge in [0.1, 0.15) is 11.6 Å². The summed E-state index contributed by atoms with van der Waals surface area (Å²) in [4.78, 5) is 34.1. The summed E-state index contributed by atoms with van der Waals surface area (Å²) in [5.41, 5.74) is 8.20. The van der Waals surface area contributed by atoms with Crippen molar-refractivity contribution in [3.8, 4) is 28.5 Å². The number of methoxy groups -OCH3 is 2. The number of nitrogens with zero attached hydrogens (tertiary/aromatic N) is 6. The Labute approximate surface area is 211 Å². The maximum absolute atomic E-state index is 13.1. The monoisotopic (exact) mass is 505 g/mol. The lowest BCUT2D eigenvalue weighted by atomic mass is 10.1. The molecule has 4 aromatic rings. The van der Waals surface area contributed by atoms with Gasteiger partial charge >= 0.3 is 6.09 Å². The maximum Gasteiger partial charge on any atom is 0.415 e. The Hall–Kier alpha value is -4.74. The van der Waals surface area contributed by atoms with Crippen LogP contribution in [0.25, 0.3) is 22.4 Å². The number of halogens is 1. The molecule has 5 rings (SSSR count). The number of piperazine rings is 1. The van der Waals surface area contributed by atoms with Crippen molar-refractivity contribution in [3.63, 3.8) is 0 Å². The summed E-state index contributed by atoms with van der Waals surface area (Å²) in [6.07, 6.45) is 1.11. The Balaban J connectivity index is 1.37. The molecule has 190 valence electrons. The zero-order chi connectivity index (χ0) is 25.9.